The topological polar surface area (TPSA) is 31.4 Å². The molecule has 0 spiro atoms. The van der Waals surface area contributed by atoms with E-state index in [0.717, 1.165) is 22.4 Å². The third-order valence-electron chi connectivity index (χ3n) is 2.78. The van der Waals surface area contributed by atoms with Crippen LogP contribution < -0.4 is 0 Å². The van der Waals surface area contributed by atoms with E-state index in [1.54, 1.807) is 26.7 Å². The predicted molar refractivity (Wildman–Crippen MR) is 75.5 cm³/mol. The zero-order valence-electron chi connectivity index (χ0n) is 11.2. The molecule has 0 aliphatic rings. The van der Waals surface area contributed by atoms with Crippen LogP contribution >= 0.6 is 0 Å². The zero-order valence-corrected chi connectivity index (χ0v) is 11.2. The summed E-state index contributed by atoms with van der Waals surface area (Å²) in [4.78, 5) is 4.39. The highest BCUT2D eigenvalue weighted by molar-refractivity contribution is 5.78. The highest BCUT2D eigenvalue weighted by Gasteiger charge is 2.10. The lowest BCUT2D eigenvalue weighted by Gasteiger charge is -2.12. The normalized spacial score (nSPS) is 11.4. The highest BCUT2D eigenvalue weighted by Crippen LogP contribution is 2.25. The van der Waals surface area contributed by atoms with Gasteiger partial charge in [0.15, 0.2) is 0 Å². The first kappa shape index (κ1) is 13.3. The highest BCUT2D eigenvalue weighted by atomic mass is 16.5. The summed E-state index contributed by atoms with van der Waals surface area (Å²) in [6, 6.07) is 13.9. The largest absolute Gasteiger partial charge is 0.504 e. The summed E-state index contributed by atoms with van der Waals surface area (Å²) >= 11 is 0. The molecule has 1 aromatic carbocycles. The molecule has 0 bridgehead atoms. The van der Waals surface area contributed by atoms with Crippen LogP contribution in [0, 0.1) is 0 Å². The van der Waals surface area contributed by atoms with Gasteiger partial charge in [0.2, 0.25) is 0 Å². The lowest BCUT2D eigenvalue weighted by molar-refractivity contribution is 0.184. The van der Waals surface area contributed by atoms with Crippen LogP contribution in [0.15, 0.2) is 54.9 Å². The molecular formula is C16H17NO2. The Morgan fingerprint density at radius 1 is 1.11 bits per heavy atom. The number of benzene rings is 1. The Hall–Kier alpha value is -2.13. The number of ether oxygens (including phenoxy) is 2. The van der Waals surface area contributed by atoms with E-state index in [-0.39, 0.29) is 0 Å². The number of nitrogens with zero attached hydrogens (tertiary/aromatic N) is 1. The maximum Gasteiger partial charge on any atom is 0.0924 e. The van der Waals surface area contributed by atoms with Gasteiger partial charge in [-0.3, -0.25) is 4.98 Å². The van der Waals surface area contributed by atoms with Gasteiger partial charge >= 0.3 is 0 Å². The molecule has 2 rings (SSSR count). The van der Waals surface area contributed by atoms with Gasteiger partial charge in [-0.25, -0.2) is 0 Å². The van der Waals surface area contributed by atoms with Gasteiger partial charge < -0.3 is 9.47 Å². The number of aromatic nitrogens is 1. The lowest BCUT2D eigenvalue weighted by atomic mass is 9.98. The average Bonchev–Trinajstić information content (AvgIpc) is 2.47. The van der Waals surface area contributed by atoms with Crippen LogP contribution in [0.4, 0.5) is 0 Å². The van der Waals surface area contributed by atoms with E-state index >= 15 is 0 Å². The first-order valence-electron chi connectivity index (χ1n) is 6.08. The summed E-state index contributed by atoms with van der Waals surface area (Å²) in [5, 5.41) is 0. The summed E-state index contributed by atoms with van der Waals surface area (Å²) in [7, 11) is 3.33. The van der Waals surface area contributed by atoms with Crippen molar-refractivity contribution in [2.75, 3.05) is 14.2 Å². The molecule has 0 fully saturated rings. The van der Waals surface area contributed by atoms with Crippen molar-refractivity contribution in [2.24, 2.45) is 0 Å². The molecular weight excluding hydrogens is 238 g/mol. The Morgan fingerprint density at radius 2 is 1.89 bits per heavy atom. The van der Waals surface area contributed by atoms with E-state index in [1.807, 2.05) is 42.5 Å². The Labute approximate surface area is 113 Å². The fourth-order valence-electron chi connectivity index (χ4n) is 1.97. The van der Waals surface area contributed by atoms with Gasteiger partial charge in [-0.2, -0.15) is 0 Å². The first-order valence-corrected chi connectivity index (χ1v) is 6.08. The molecule has 0 aliphatic heterocycles. The third-order valence-corrected chi connectivity index (χ3v) is 2.78. The Balaban J connectivity index is 2.49. The van der Waals surface area contributed by atoms with Crippen molar-refractivity contribution in [3.8, 4) is 0 Å². The molecule has 1 heterocycles. The maximum absolute atomic E-state index is 5.24. The minimum atomic E-state index is 0.560. The quantitative estimate of drug-likeness (QED) is 0.768. The van der Waals surface area contributed by atoms with Crippen LogP contribution in [0.2, 0.25) is 0 Å². The minimum absolute atomic E-state index is 0.560. The molecule has 3 nitrogen and oxygen atoms in total. The number of pyridine rings is 1. The number of rotatable bonds is 5. The van der Waals surface area contributed by atoms with Crippen molar-refractivity contribution in [3.05, 3.63) is 71.7 Å². The molecule has 98 valence electrons. The Bertz CT molecular complexity index is 550. The second-order valence-electron chi connectivity index (χ2n) is 4.07. The van der Waals surface area contributed by atoms with Gasteiger partial charge in [-0.1, -0.05) is 30.3 Å². The van der Waals surface area contributed by atoms with Crippen LogP contribution in [0.1, 0.15) is 16.8 Å². The van der Waals surface area contributed by atoms with Crippen LogP contribution in [0.5, 0.6) is 0 Å². The zero-order chi connectivity index (χ0) is 13.5. The summed E-state index contributed by atoms with van der Waals surface area (Å²) in [5.41, 5.74) is 4.02. The van der Waals surface area contributed by atoms with E-state index in [1.165, 1.54) is 0 Å². The third kappa shape index (κ3) is 3.20. The van der Waals surface area contributed by atoms with Gasteiger partial charge in [-0.05, 0) is 23.3 Å². The van der Waals surface area contributed by atoms with Crippen molar-refractivity contribution in [3.63, 3.8) is 0 Å². The maximum atomic E-state index is 5.24. The van der Waals surface area contributed by atoms with Crippen molar-refractivity contribution >= 4 is 5.57 Å². The van der Waals surface area contributed by atoms with E-state index in [2.05, 4.69) is 4.98 Å². The van der Waals surface area contributed by atoms with E-state index in [4.69, 9.17) is 9.47 Å². The smallest absolute Gasteiger partial charge is 0.0924 e. The first-order chi connectivity index (χ1) is 9.36. The molecule has 0 saturated carbocycles. The van der Waals surface area contributed by atoms with Gasteiger partial charge in [0, 0.05) is 18.9 Å². The monoisotopic (exact) mass is 255 g/mol. The average molecular weight is 255 g/mol. The summed E-state index contributed by atoms with van der Waals surface area (Å²) in [6.07, 6.45) is 3.49. The van der Waals surface area contributed by atoms with E-state index in [0.29, 0.717) is 6.61 Å². The van der Waals surface area contributed by atoms with Crippen molar-refractivity contribution in [2.45, 2.75) is 6.61 Å². The molecule has 0 atom stereocenters. The molecule has 3 heteroatoms. The summed E-state index contributed by atoms with van der Waals surface area (Å²) in [5.74, 6) is 0. The fraction of sp³-hybridized carbons (Fsp3) is 0.188. The molecule has 0 N–H and O–H groups in total. The molecule has 0 radical (unpaired) electrons. The molecule has 19 heavy (non-hydrogen) atoms. The van der Waals surface area contributed by atoms with Gasteiger partial charge in [0.1, 0.15) is 0 Å². The molecule has 0 aliphatic carbocycles. The number of hydrogen-bond acceptors (Lipinski definition) is 3. The van der Waals surface area contributed by atoms with Gasteiger partial charge in [-0.15, -0.1) is 0 Å². The minimum Gasteiger partial charge on any atom is -0.504 e. The van der Waals surface area contributed by atoms with Crippen LogP contribution in [0.25, 0.3) is 5.57 Å². The Morgan fingerprint density at radius 3 is 2.58 bits per heavy atom. The molecule has 1 aromatic heterocycles. The molecule has 0 saturated heterocycles. The molecule has 0 unspecified atom stereocenters. The standard InChI is InChI=1S/C16H17NO2/c1-18-11-13-7-3-4-8-14(13)15(12-19-2)16-9-5-6-10-17-16/h3-10,12H,11H2,1-2H3. The van der Waals surface area contributed by atoms with Gasteiger partial charge in [0.25, 0.3) is 0 Å². The second kappa shape index (κ2) is 6.71. The van der Waals surface area contributed by atoms with Crippen molar-refractivity contribution in [1.82, 2.24) is 4.98 Å². The Kier molecular flexibility index (Phi) is 4.70. The lowest BCUT2D eigenvalue weighted by Crippen LogP contribution is -1.98. The van der Waals surface area contributed by atoms with E-state index in [9.17, 15) is 0 Å². The summed E-state index contributed by atoms with van der Waals surface area (Å²) in [6.45, 7) is 0.560. The van der Waals surface area contributed by atoms with Crippen LogP contribution in [0.3, 0.4) is 0 Å². The van der Waals surface area contributed by atoms with E-state index < -0.39 is 0 Å². The number of methoxy groups -OCH3 is 2. The van der Waals surface area contributed by atoms with Crippen LogP contribution in [-0.2, 0) is 16.1 Å². The predicted octanol–water partition coefficient (Wildman–Crippen LogP) is 3.26. The van der Waals surface area contributed by atoms with Crippen molar-refractivity contribution in [1.29, 1.82) is 0 Å². The molecule has 0 amide bonds. The fourth-order valence-corrected chi connectivity index (χ4v) is 1.97. The molecule has 2 aromatic rings. The second-order valence-corrected chi connectivity index (χ2v) is 4.07. The van der Waals surface area contributed by atoms with Crippen molar-refractivity contribution < 1.29 is 9.47 Å². The SMILES string of the molecule is COC=C(c1ccccn1)c1ccccc1COC. The number of hydrogen-bond donors (Lipinski definition) is 0. The van der Waals surface area contributed by atoms with Gasteiger partial charge in [0.05, 0.1) is 25.7 Å². The summed E-state index contributed by atoms with van der Waals surface area (Å²) < 4.78 is 10.4. The van der Waals surface area contributed by atoms with Crippen LogP contribution in [-0.4, -0.2) is 19.2 Å².